The number of hydrogen-bond acceptors (Lipinski definition) is 4. The number of nitrogens with zero attached hydrogens (tertiary/aromatic N) is 2. The van der Waals surface area contributed by atoms with Gasteiger partial charge in [0.25, 0.3) is 5.56 Å². The molecule has 3 rings (SSSR count). The molecule has 0 radical (unpaired) electrons. The minimum absolute atomic E-state index is 0.0973. The normalized spacial score (nSPS) is 10.7. The van der Waals surface area contributed by atoms with Gasteiger partial charge in [-0.2, -0.15) is 0 Å². The van der Waals surface area contributed by atoms with E-state index in [0.29, 0.717) is 18.2 Å². The molecule has 1 heterocycles. The molecule has 0 fully saturated rings. The van der Waals surface area contributed by atoms with Crippen molar-refractivity contribution in [3.05, 3.63) is 86.8 Å². The molecule has 2 N–H and O–H groups in total. The number of rotatable bonds is 8. The maximum absolute atomic E-state index is 12.7. The number of carbonyl (C=O) groups is 1. The van der Waals surface area contributed by atoms with Gasteiger partial charge in [0.2, 0.25) is 11.9 Å². The third kappa shape index (κ3) is 6.04. The molecular weight excluding hydrogens is 388 g/mol. The summed E-state index contributed by atoms with van der Waals surface area (Å²) in [5.41, 5.74) is 5.58. The largest absolute Gasteiger partial charge is 0.356 e. The van der Waals surface area contributed by atoms with Crippen molar-refractivity contribution >= 4 is 17.5 Å². The van der Waals surface area contributed by atoms with Gasteiger partial charge >= 0.3 is 0 Å². The van der Waals surface area contributed by atoms with Gasteiger partial charge in [0, 0.05) is 24.0 Å². The van der Waals surface area contributed by atoms with E-state index in [4.69, 9.17) is 0 Å². The van der Waals surface area contributed by atoms with Gasteiger partial charge in [0.15, 0.2) is 0 Å². The lowest BCUT2D eigenvalue weighted by atomic mass is 10.1. The first-order chi connectivity index (χ1) is 14.8. The zero-order valence-corrected chi connectivity index (χ0v) is 18.7. The average Bonchev–Trinajstić information content (AvgIpc) is 2.71. The van der Waals surface area contributed by atoms with Gasteiger partial charge in [0.05, 0.1) is 0 Å². The van der Waals surface area contributed by atoms with Gasteiger partial charge in [-0.3, -0.25) is 14.2 Å². The second-order valence-electron chi connectivity index (χ2n) is 7.98. The van der Waals surface area contributed by atoms with Crippen LogP contribution in [0.2, 0.25) is 0 Å². The maximum atomic E-state index is 12.7. The summed E-state index contributed by atoms with van der Waals surface area (Å²) in [5, 5.41) is 6.19. The number of anilines is 2. The molecule has 0 atom stereocenters. The number of benzene rings is 2. The minimum atomic E-state index is -0.254. The summed E-state index contributed by atoms with van der Waals surface area (Å²) < 4.78 is 1.39. The minimum Gasteiger partial charge on any atom is -0.356 e. The zero-order valence-electron chi connectivity index (χ0n) is 18.7. The number of hydrogen-bond donors (Lipinski definition) is 2. The third-order valence-corrected chi connectivity index (χ3v) is 5.15. The highest BCUT2D eigenvalue weighted by Crippen LogP contribution is 2.22. The van der Waals surface area contributed by atoms with Crippen LogP contribution in [0.3, 0.4) is 0 Å². The van der Waals surface area contributed by atoms with Gasteiger partial charge in [0.1, 0.15) is 6.54 Å². The quantitative estimate of drug-likeness (QED) is 0.539. The van der Waals surface area contributed by atoms with E-state index in [0.717, 1.165) is 35.2 Å². The molecule has 0 unspecified atom stereocenters. The lowest BCUT2D eigenvalue weighted by Gasteiger charge is -2.16. The number of carbonyl (C=O) groups excluding carboxylic acids is 1. The van der Waals surface area contributed by atoms with E-state index in [9.17, 15) is 9.59 Å². The van der Waals surface area contributed by atoms with Crippen LogP contribution in [-0.4, -0.2) is 22.0 Å². The number of aryl methyl sites for hydroxylation is 5. The molecule has 31 heavy (non-hydrogen) atoms. The van der Waals surface area contributed by atoms with Gasteiger partial charge in [-0.05, 0) is 57.2 Å². The van der Waals surface area contributed by atoms with Crippen molar-refractivity contribution in [1.82, 2.24) is 9.55 Å². The lowest BCUT2D eigenvalue weighted by Crippen LogP contribution is -2.31. The van der Waals surface area contributed by atoms with Crippen LogP contribution < -0.4 is 16.2 Å². The van der Waals surface area contributed by atoms with Gasteiger partial charge < -0.3 is 10.6 Å². The Morgan fingerprint density at radius 1 is 1.00 bits per heavy atom. The Bertz CT molecular complexity index is 1100. The number of nitrogens with one attached hydrogen (secondary N) is 2. The molecule has 0 aliphatic heterocycles. The van der Waals surface area contributed by atoms with Gasteiger partial charge in [-0.1, -0.05) is 48.0 Å². The first kappa shape index (κ1) is 22.3. The van der Waals surface area contributed by atoms with Crippen molar-refractivity contribution in [2.45, 2.75) is 47.1 Å². The molecule has 1 aromatic heterocycles. The van der Waals surface area contributed by atoms with Crippen molar-refractivity contribution < 1.29 is 4.79 Å². The van der Waals surface area contributed by atoms with Crippen LogP contribution in [0.1, 0.15) is 34.4 Å². The lowest BCUT2D eigenvalue weighted by molar-refractivity contribution is -0.116. The molecule has 6 nitrogen and oxygen atoms in total. The predicted octanol–water partition coefficient (Wildman–Crippen LogP) is 4.16. The highest BCUT2D eigenvalue weighted by molar-refractivity contribution is 5.92. The molecule has 1 amide bonds. The predicted molar refractivity (Wildman–Crippen MR) is 126 cm³/mol. The fraction of sp³-hybridized carbons (Fsp3) is 0.320. The summed E-state index contributed by atoms with van der Waals surface area (Å²) in [6.45, 7) is 8.30. The van der Waals surface area contributed by atoms with E-state index in [1.165, 1.54) is 16.2 Å². The van der Waals surface area contributed by atoms with Gasteiger partial charge in [-0.15, -0.1) is 0 Å². The molecule has 0 saturated heterocycles. The summed E-state index contributed by atoms with van der Waals surface area (Å²) in [6, 6.07) is 15.8. The van der Waals surface area contributed by atoms with Crippen LogP contribution in [0.4, 0.5) is 11.6 Å². The molecule has 3 aromatic rings. The van der Waals surface area contributed by atoms with E-state index in [-0.39, 0.29) is 18.0 Å². The topological polar surface area (TPSA) is 76.0 Å². The van der Waals surface area contributed by atoms with Crippen molar-refractivity contribution in [3.8, 4) is 0 Å². The molecule has 0 spiro atoms. The van der Waals surface area contributed by atoms with Crippen LogP contribution in [0, 0.1) is 27.7 Å². The molecule has 0 aliphatic carbocycles. The number of amides is 1. The van der Waals surface area contributed by atoms with Crippen LogP contribution >= 0.6 is 0 Å². The van der Waals surface area contributed by atoms with Crippen molar-refractivity contribution in [1.29, 1.82) is 0 Å². The van der Waals surface area contributed by atoms with Crippen LogP contribution in [0.25, 0.3) is 0 Å². The first-order valence-electron chi connectivity index (χ1n) is 10.6. The van der Waals surface area contributed by atoms with Crippen molar-refractivity contribution in [2.24, 2.45) is 0 Å². The smallest absolute Gasteiger partial charge is 0.255 e. The molecule has 0 bridgehead atoms. The standard InChI is InChI=1S/C25H30N4O2/c1-17-13-18(2)24(19(3)14-17)28-22(30)16-29-23(31)15-20(4)27-25(29)26-12-8-11-21-9-6-5-7-10-21/h5-7,9-10,13-15H,8,11-12,16H2,1-4H3,(H,26,27)(H,28,30). The Hall–Kier alpha value is -3.41. The third-order valence-electron chi connectivity index (χ3n) is 5.15. The monoisotopic (exact) mass is 418 g/mol. The Morgan fingerprint density at radius 3 is 2.35 bits per heavy atom. The molecular formula is C25H30N4O2. The summed E-state index contributed by atoms with van der Waals surface area (Å²) in [7, 11) is 0. The number of aromatic nitrogens is 2. The highest BCUT2D eigenvalue weighted by atomic mass is 16.2. The Balaban J connectivity index is 1.69. The fourth-order valence-electron chi connectivity index (χ4n) is 3.75. The molecule has 6 heteroatoms. The Kier molecular flexibility index (Phi) is 7.23. The van der Waals surface area contributed by atoms with E-state index in [2.05, 4.69) is 27.8 Å². The molecule has 162 valence electrons. The second-order valence-corrected chi connectivity index (χ2v) is 7.98. The summed E-state index contributed by atoms with van der Waals surface area (Å²) in [6.07, 6.45) is 1.82. The van der Waals surface area contributed by atoms with E-state index >= 15 is 0 Å². The average molecular weight is 419 g/mol. The SMILES string of the molecule is Cc1cc(C)c(NC(=O)Cn2c(NCCCc3ccccc3)nc(C)cc2=O)c(C)c1. The van der Waals surface area contributed by atoms with E-state index in [1.807, 2.05) is 51.1 Å². The molecule has 2 aromatic carbocycles. The van der Waals surface area contributed by atoms with Crippen LogP contribution in [0.15, 0.2) is 53.3 Å². The van der Waals surface area contributed by atoms with Crippen molar-refractivity contribution in [2.75, 3.05) is 17.2 Å². The second kappa shape index (κ2) is 10.1. The first-order valence-corrected chi connectivity index (χ1v) is 10.6. The summed E-state index contributed by atoms with van der Waals surface area (Å²) in [5.74, 6) is 0.167. The van der Waals surface area contributed by atoms with E-state index < -0.39 is 0 Å². The highest BCUT2D eigenvalue weighted by Gasteiger charge is 2.13. The molecule has 0 aliphatic rings. The van der Waals surface area contributed by atoms with Crippen LogP contribution in [-0.2, 0) is 17.8 Å². The van der Waals surface area contributed by atoms with Crippen LogP contribution in [0.5, 0.6) is 0 Å². The zero-order chi connectivity index (χ0) is 22.4. The maximum Gasteiger partial charge on any atom is 0.255 e. The molecule has 0 saturated carbocycles. The Labute approximate surface area is 183 Å². The summed E-state index contributed by atoms with van der Waals surface area (Å²) >= 11 is 0. The fourth-order valence-corrected chi connectivity index (χ4v) is 3.75. The van der Waals surface area contributed by atoms with Gasteiger partial charge in [-0.25, -0.2) is 4.98 Å². The van der Waals surface area contributed by atoms with E-state index in [1.54, 1.807) is 6.92 Å². The Morgan fingerprint density at radius 2 is 1.68 bits per heavy atom. The summed E-state index contributed by atoms with van der Waals surface area (Å²) in [4.78, 5) is 29.8. The van der Waals surface area contributed by atoms with Crippen molar-refractivity contribution in [3.63, 3.8) is 0 Å².